The van der Waals surface area contributed by atoms with E-state index >= 15 is 0 Å². The van der Waals surface area contributed by atoms with Crippen LogP contribution in [0.15, 0.2) is 60.0 Å². The lowest BCUT2D eigenvalue weighted by Gasteiger charge is -2.27. The van der Waals surface area contributed by atoms with Crippen LogP contribution in [0.5, 0.6) is 11.5 Å². The summed E-state index contributed by atoms with van der Waals surface area (Å²) in [5.74, 6) is 1.05. The van der Waals surface area contributed by atoms with E-state index in [2.05, 4.69) is 42.6 Å². The predicted octanol–water partition coefficient (Wildman–Crippen LogP) is 6.11. The summed E-state index contributed by atoms with van der Waals surface area (Å²) in [6, 6.07) is 17.9. The number of ether oxygens (including phenoxy) is 3. The van der Waals surface area contributed by atoms with Gasteiger partial charge in [0.1, 0.15) is 0 Å². The number of methoxy groups -OCH3 is 2. The molecule has 0 radical (unpaired) electrons. The van der Waals surface area contributed by atoms with Gasteiger partial charge in [-0.05, 0) is 72.7 Å². The first-order valence-electron chi connectivity index (χ1n) is 12.1. The van der Waals surface area contributed by atoms with E-state index in [0.717, 1.165) is 46.5 Å². The molecule has 1 fully saturated rings. The summed E-state index contributed by atoms with van der Waals surface area (Å²) in [5, 5.41) is 3.12. The summed E-state index contributed by atoms with van der Waals surface area (Å²) in [4.78, 5) is 21.9. The standard InChI is InChI=1S/C29H30N2O4S/c1-19-8-9-20-15-22(28(30-24(20)14-19)27-7-5-13-36-27)17-31(18-23-6-4-12-35-23)29(32)21-10-11-25(33-2)26(16-21)34-3/h5,7-11,13-16,23H,4,6,12,17-18H2,1-3H3. The number of amides is 1. The zero-order chi connectivity index (χ0) is 25.1. The molecule has 6 nitrogen and oxygen atoms in total. The molecule has 5 rings (SSSR count). The number of hydrogen-bond donors (Lipinski definition) is 0. The Morgan fingerprint density at radius 2 is 1.97 bits per heavy atom. The van der Waals surface area contributed by atoms with E-state index < -0.39 is 0 Å². The molecular formula is C29H30N2O4S. The van der Waals surface area contributed by atoms with Gasteiger partial charge in [0.05, 0.1) is 36.4 Å². The molecule has 1 atom stereocenters. The van der Waals surface area contributed by atoms with Gasteiger partial charge in [-0.3, -0.25) is 4.79 Å². The van der Waals surface area contributed by atoms with E-state index in [1.807, 2.05) is 11.0 Å². The third-order valence-electron chi connectivity index (χ3n) is 6.53. The number of pyridine rings is 1. The van der Waals surface area contributed by atoms with Gasteiger partial charge in [0, 0.05) is 30.6 Å². The van der Waals surface area contributed by atoms with Crippen LogP contribution >= 0.6 is 11.3 Å². The Morgan fingerprint density at radius 3 is 2.69 bits per heavy atom. The molecule has 36 heavy (non-hydrogen) atoms. The van der Waals surface area contributed by atoms with Gasteiger partial charge in [0.25, 0.3) is 5.91 Å². The van der Waals surface area contributed by atoms with Gasteiger partial charge in [-0.1, -0.05) is 18.2 Å². The molecule has 1 saturated heterocycles. The minimum atomic E-state index is -0.0763. The van der Waals surface area contributed by atoms with E-state index in [4.69, 9.17) is 19.2 Å². The van der Waals surface area contributed by atoms with E-state index in [-0.39, 0.29) is 12.0 Å². The highest BCUT2D eigenvalue weighted by molar-refractivity contribution is 7.13. The lowest BCUT2D eigenvalue weighted by atomic mass is 10.0. The minimum absolute atomic E-state index is 0.0235. The van der Waals surface area contributed by atoms with Gasteiger partial charge in [-0.2, -0.15) is 0 Å². The first-order valence-corrected chi connectivity index (χ1v) is 13.0. The molecule has 186 valence electrons. The Hall–Kier alpha value is -3.42. The van der Waals surface area contributed by atoms with E-state index in [9.17, 15) is 4.79 Å². The van der Waals surface area contributed by atoms with Crippen LogP contribution in [-0.4, -0.2) is 49.3 Å². The molecule has 2 aromatic heterocycles. The summed E-state index contributed by atoms with van der Waals surface area (Å²) in [6.45, 7) is 3.76. The van der Waals surface area contributed by atoms with Crippen molar-refractivity contribution in [2.75, 3.05) is 27.4 Å². The molecule has 1 amide bonds. The summed E-state index contributed by atoms with van der Waals surface area (Å²) >= 11 is 1.66. The van der Waals surface area contributed by atoms with Crippen molar-refractivity contribution in [3.05, 3.63) is 76.7 Å². The molecule has 3 heterocycles. The van der Waals surface area contributed by atoms with E-state index in [1.54, 1.807) is 43.8 Å². The van der Waals surface area contributed by atoms with Gasteiger partial charge < -0.3 is 19.1 Å². The smallest absolute Gasteiger partial charge is 0.254 e. The van der Waals surface area contributed by atoms with Gasteiger partial charge in [-0.15, -0.1) is 11.3 Å². The fourth-order valence-electron chi connectivity index (χ4n) is 4.68. The molecule has 0 bridgehead atoms. The Labute approximate surface area is 215 Å². The number of hydrogen-bond acceptors (Lipinski definition) is 6. The summed E-state index contributed by atoms with van der Waals surface area (Å²) in [5.41, 5.74) is 4.61. The van der Waals surface area contributed by atoms with Crippen LogP contribution in [0.25, 0.3) is 21.5 Å². The third kappa shape index (κ3) is 5.08. The summed E-state index contributed by atoms with van der Waals surface area (Å²) in [7, 11) is 3.16. The number of fused-ring (bicyclic) bond motifs is 1. The molecule has 0 saturated carbocycles. The Morgan fingerprint density at radius 1 is 1.11 bits per heavy atom. The van der Waals surface area contributed by atoms with Crippen molar-refractivity contribution in [3.8, 4) is 22.1 Å². The topological polar surface area (TPSA) is 60.9 Å². The zero-order valence-corrected chi connectivity index (χ0v) is 21.6. The third-order valence-corrected chi connectivity index (χ3v) is 7.41. The van der Waals surface area contributed by atoms with Crippen LogP contribution in [0.4, 0.5) is 0 Å². The van der Waals surface area contributed by atoms with Gasteiger partial charge in [0.2, 0.25) is 0 Å². The van der Waals surface area contributed by atoms with Crippen LogP contribution in [-0.2, 0) is 11.3 Å². The zero-order valence-electron chi connectivity index (χ0n) is 20.8. The van der Waals surface area contributed by atoms with Crippen molar-refractivity contribution in [2.45, 2.75) is 32.4 Å². The number of aromatic nitrogens is 1. The average molecular weight is 503 g/mol. The number of aryl methyl sites for hydroxylation is 1. The largest absolute Gasteiger partial charge is 0.493 e. The van der Waals surface area contributed by atoms with Crippen LogP contribution in [0, 0.1) is 6.92 Å². The maximum absolute atomic E-state index is 13.9. The second-order valence-corrected chi connectivity index (χ2v) is 10.0. The number of rotatable bonds is 8. The highest BCUT2D eigenvalue weighted by Crippen LogP contribution is 2.32. The molecule has 7 heteroatoms. The van der Waals surface area contributed by atoms with Crippen molar-refractivity contribution in [1.29, 1.82) is 0 Å². The Bertz CT molecular complexity index is 1360. The fourth-order valence-corrected chi connectivity index (χ4v) is 5.43. The number of benzene rings is 2. The Kier molecular flexibility index (Phi) is 7.20. The Balaban J connectivity index is 1.55. The molecular weight excluding hydrogens is 472 g/mol. The maximum Gasteiger partial charge on any atom is 0.254 e. The predicted molar refractivity (Wildman–Crippen MR) is 143 cm³/mol. The van der Waals surface area contributed by atoms with Crippen LogP contribution in [0.3, 0.4) is 0 Å². The second kappa shape index (κ2) is 10.7. The first-order chi connectivity index (χ1) is 17.6. The SMILES string of the molecule is COc1ccc(C(=O)N(Cc2cc3ccc(C)cc3nc2-c2cccs2)CC2CCCO2)cc1OC. The second-order valence-electron chi connectivity index (χ2n) is 9.06. The highest BCUT2D eigenvalue weighted by atomic mass is 32.1. The van der Waals surface area contributed by atoms with Crippen molar-refractivity contribution < 1.29 is 19.0 Å². The van der Waals surface area contributed by atoms with Crippen LogP contribution in [0.1, 0.15) is 34.3 Å². The normalized spacial score (nSPS) is 15.2. The maximum atomic E-state index is 13.9. The number of nitrogens with zero attached hydrogens (tertiary/aromatic N) is 2. The lowest BCUT2D eigenvalue weighted by molar-refractivity contribution is 0.0507. The van der Waals surface area contributed by atoms with Crippen molar-refractivity contribution >= 4 is 28.1 Å². The monoisotopic (exact) mass is 502 g/mol. The quantitative estimate of drug-likeness (QED) is 0.291. The molecule has 1 aliphatic heterocycles. The molecule has 1 unspecified atom stereocenters. The van der Waals surface area contributed by atoms with Gasteiger partial charge in [0.15, 0.2) is 11.5 Å². The van der Waals surface area contributed by atoms with E-state index in [0.29, 0.717) is 30.2 Å². The molecule has 1 aliphatic rings. The molecule has 4 aromatic rings. The van der Waals surface area contributed by atoms with Gasteiger partial charge >= 0.3 is 0 Å². The summed E-state index contributed by atoms with van der Waals surface area (Å²) in [6.07, 6.45) is 1.98. The van der Waals surface area contributed by atoms with Crippen molar-refractivity contribution in [1.82, 2.24) is 9.88 Å². The first kappa shape index (κ1) is 24.3. The molecule has 2 aromatic carbocycles. The van der Waals surface area contributed by atoms with Crippen molar-refractivity contribution in [3.63, 3.8) is 0 Å². The molecule has 0 spiro atoms. The average Bonchev–Trinajstić information content (AvgIpc) is 3.62. The number of carbonyl (C=O) groups excluding carboxylic acids is 1. The van der Waals surface area contributed by atoms with Crippen LogP contribution in [0.2, 0.25) is 0 Å². The van der Waals surface area contributed by atoms with Crippen molar-refractivity contribution in [2.24, 2.45) is 0 Å². The highest BCUT2D eigenvalue weighted by Gasteiger charge is 2.26. The number of carbonyl (C=O) groups is 1. The van der Waals surface area contributed by atoms with Crippen LogP contribution < -0.4 is 9.47 Å². The minimum Gasteiger partial charge on any atom is -0.493 e. The lowest BCUT2D eigenvalue weighted by Crippen LogP contribution is -2.37. The summed E-state index contributed by atoms with van der Waals surface area (Å²) < 4.78 is 16.7. The fraction of sp³-hybridized carbons (Fsp3) is 0.310. The van der Waals surface area contributed by atoms with E-state index in [1.165, 1.54) is 5.56 Å². The number of thiophene rings is 1. The van der Waals surface area contributed by atoms with Gasteiger partial charge in [-0.25, -0.2) is 4.98 Å². The molecule has 0 aliphatic carbocycles. The molecule has 0 N–H and O–H groups in total.